The van der Waals surface area contributed by atoms with Gasteiger partial charge in [0.25, 0.3) is 5.91 Å². The summed E-state index contributed by atoms with van der Waals surface area (Å²) in [5.41, 5.74) is 0.408. The molecule has 0 unspecified atom stereocenters. The quantitative estimate of drug-likeness (QED) is 0.750. The number of benzene rings is 2. The van der Waals surface area contributed by atoms with Crippen molar-refractivity contribution in [1.29, 1.82) is 0 Å². The van der Waals surface area contributed by atoms with Crippen LogP contribution in [0.3, 0.4) is 0 Å². The van der Waals surface area contributed by atoms with Gasteiger partial charge in [-0.05, 0) is 23.8 Å². The highest BCUT2D eigenvalue weighted by atomic mass is 19.4. The molecule has 3 nitrogen and oxygen atoms in total. The third-order valence-corrected chi connectivity index (χ3v) is 3.54. The first-order valence-corrected chi connectivity index (χ1v) is 6.96. The van der Waals surface area contributed by atoms with Gasteiger partial charge in [0.05, 0.1) is 5.56 Å². The molecule has 2 aromatic carbocycles. The van der Waals surface area contributed by atoms with Gasteiger partial charge in [-0.1, -0.05) is 36.4 Å². The fourth-order valence-corrected chi connectivity index (χ4v) is 2.42. The largest absolute Gasteiger partial charge is 0.416 e. The van der Waals surface area contributed by atoms with Crippen LogP contribution in [-0.4, -0.2) is 10.9 Å². The van der Waals surface area contributed by atoms with Gasteiger partial charge in [0.2, 0.25) is 0 Å². The van der Waals surface area contributed by atoms with E-state index in [1.807, 2.05) is 24.3 Å². The Hall–Kier alpha value is -2.76. The zero-order valence-corrected chi connectivity index (χ0v) is 11.9. The lowest BCUT2D eigenvalue weighted by molar-refractivity contribution is -0.138. The monoisotopic (exact) mass is 318 g/mol. The van der Waals surface area contributed by atoms with Gasteiger partial charge in [-0.2, -0.15) is 13.2 Å². The van der Waals surface area contributed by atoms with E-state index >= 15 is 0 Å². The molecule has 0 saturated carbocycles. The lowest BCUT2D eigenvalue weighted by Crippen LogP contribution is -2.24. The molecule has 0 bridgehead atoms. The lowest BCUT2D eigenvalue weighted by Gasteiger charge is -2.12. The van der Waals surface area contributed by atoms with Gasteiger partial charge in [-0.3, -0.25) is 4.79 Å². The summed E-state index contributed by atoms with van der Waals surface area (Å²) in [6.07, 6.45) is -4.44. The maximum absolute atomic E-state index is 12.9. The molecule has 1 heterocycles. The van der Waals surface area contributed by atoms with Gasteiger partial charge in [0.1, 0.15) is 5.69 Å². The minimum atomic E-state index is -4.44. The minimum absolute atomic E-state index is 0.0319. The van der Waals surface area contributed by atoms with Crippen molar-refractivity contribution in [2.75, 3.05) is 0 Å². The van der Waals surface area contributed by atoms with Crippen LogP contribution >= 0.6 is 0 Å². The van der Waals surface area contributed by atoms with Gasteiger partial charge in [0.15, 0.2) is 0 Å². The zero-order valence-electron chi connectivity index (χ0n) is 11.9. The number of rotatable bonds is 3. The van der Waals surface area contributed by atoms with Crippen LogP contribution in [0, 0.1) is 0 Å². The van der Waals surface area contributed by atoms with Crippen molar-refractivity contribution in [3.05, 3.63) is 71.4 Å². The van der Waals surface area contributed by atoms with Gasteiger partial charge >= 0.3 is 6.18 Å². The fraction of sp³-hybridized carbons (Fsp3) is 0.118. The number of carbonyl (C=O) groups is 1. The van der Waals surface area contributed by atoms with Crippen LogP contribution in [0.4, 0.5) is 13.2 Å². The maximum Gasteiger partial charge on any atom is 0.416 e. The molecule has 3 aromatic rings. The molecule has 0 aliphatic rings. The van der Waals surface area contributed by atoms with E-state index in [2.05, 4.69) is 10.3 Å². The Balaban J connectivity index is 1.77. The fourth-order valence-electron chi connectivity index (χ4n) is 2.42. The Morgan fingerprint density at radius 1 is 1.04 bits per heavy atom. The Kier molecular flexibility index (Phi) is 3.82. The molecule has 6 heteroatoms. The second-order valence-electron chi connectivity index (χ2n) is 5.11. The Labute approximate surface area is 130 Å². The van der Waals surface area contributed by atoms with E-state index in [1.165, 1.54) is 18.2 Å². The third kappa shape index (κ3) is 3.21. The first-order chi connectivity index (χ1) is 10.9. The SMILES string of the molecule is O=C(NCc1ccccc1C(F)(F)F)c1cc2ccccc2[nH]1. The number of hydrogen-bond acceptors (Lipinski definition) is 1. The zero-order chi connectivity index (χ0) is 16.4. The standard InChI is InChI=1S/C17H13F3N2O/c18-17(19,20)13-7-3-1-6-12(13)10-21-16(23)15-9-11-5-2-4-8-14(11)22-15/h1-9,22H,10H2,(H,21,23). The minimum Gasteiger partial charge on any atom is -0.351 e. The predicted molar refractivity (Wildman–Crippen MR) is 80.9 cm³/mol. The summed E-state index contributed by atoms with van der Waals surface area (Å²) in [4.78, 5) is 15.1. The summed E-state index contributed by atoms with van der Waals surface area (Å²) in [5.74, 6) is -0.446. The molecule has 0 aliphatic heterocycles. The number of alkyl halides is 3. The number of nitrogens with one attached hydrogen (secondary N) is 2. The van der Waals surface area contributed by atoms with Crippen LogP contribution in [0.1, 0.15) is 21.6 Å². The Morgan fingerprint density at radius 3 is 2.48 bits per heavy atom. The van der Waals surface area contributed by atoms with Crippen LogP contribution in [0.25, 0.3) is 10.9 Å². The van der Waals surface area contributed by atoms with E-state index in [4.69, 9.17) is 0 Å². The van der Waals surface area contributed by atoms with Gasteiger partial charge in [-0.25, -0.2) is 0 Å². The van der Waals surface area contributed by atoms with E-state index in [0.29, 0.717) is 5.69 Å². The van der Waals surface area contributed by atoms with Crippen LogP contribution in [0.2, 0.25) is 0 Å². The molecular weight excluding hydrogens is 305 g/mol. The molecule has 0 atom stereocenters. The van der Waals surface area contributed by atoms with Gasteiger partial charge in [-0.15, -0.1) is 0 Å². The molecule has 1 aromatic heterocycles. The summed E-state index contributed by atoms with van der Waals surface area (Å²) in [7, 11) is 0. The number of aromatic nitrogens is 1. The van der Waals surface area contributed by atoms with Crippen LogP contribution in [-0.2, 0) is 12.7 Å². The van der Waals surface area contributed by atoms with Crippen molar-refractivity contribution in [1.82, 2.24) is 10.3 Å². The van der Waals surface area contributed by atoms with Crippen molar-refractivity contribution in [3.63, 3.8) is 0 Å². The molecule has 0 saturated heterocycles. The Morgan fingerprint density at radius 2 is 1.74 bits per heavy atom. The number of hydrogen-bond donors (Lipinski definition) is 2. The number of fused-ring (bicyclic) bond motifs is 1. The molecular formula is C17H13F3N2O. The van der Waals surface area contributed by atoms with E-state index in [9.17, 15) is 18.0 Å². The van der Waals surface area contributed by atoms with Crippen LogP contribution in [0.15, 0.2) is 54.6 Å². The lowest BCUT2D eigenvalue weighted by atomic mass is 10.1. The summed E-state index contributed by atoms with van der Waals surface area (Å²) in [6, 6.07) is 14.2. The second kappa shape index (κ2) is 5.79. The summed E-state index contributed by atoms with van der Waals surface area (Å²) in [5, 5.41) is 3.39. The molecule has 2 N–H and O–H groups in total. The molecule has 0 aliphatic carbocycles. The summed E-state index contributed by atoms with van der Waals surface area (Å²) in [6.45, 7) is -0.191. The first kappa shape index (κ1) is 15.1. The second-order valence-corrected chi connectivity index (χ2v) is 5.11. The average molecular weight is 318 g/mol. The summed E-state index contributed by atoms with van der Waals surface area (Å²) >= 11 is 0. The number of para-hydroxylation sites is 1. The first-order valence-electron chi connectivity index (χ1n) is 6.96. The normalized spacial score (nSPS) is 11.6. The molecule has 0 fully saturated rings. The smallest absolute Gasteiger partial charge is 0.351 e. The van der Waals surface area contributed by atoms with Crippen LogP contribution in [0.5, 0.6) is 0 Å². The molecule has 118 valence electrons. The number of halogens is 3. The van der Waals surface area contributed by atoms with Crippen LogP contribution < -0.4 is 5.32 Å². The summed E-state index contributed by atoms with van der Waals surface area (Å²) < 4.78 is 38.7. The molecule has 0 radical (unpaired) electrons. The van der Waals surface area contributed by atoms with Crippen molar-refractivity contribution >= 4 is 16.8 Å². The van der Waals surface area contributed by atoms with Gasteiger partial charge < -0.3 is 10.3 Å². The maximum atomic E-state index is 12.9. The van der Waals surface area contributed by atoms with E-state index < -0.39 is 17.6 Å². The molecule has 3 rings (SSSR count). The van der Waals surface area contributed by atoms with E-state index in [1.54, 1.807) is 6.07 Å². The van der Waals surface area contributed by atoms with Crippen molar-refractivity contribution in [2.24, 2.45) is 0 Å². The van der Waals surface area contributed by atoms with E-state index in [0.717, 1.165) is 17.0 Å². The predicted octanol–water partition coefficient (Wildman–Crippen LogP) is 4.12. The highest BCUT2D eigenvalue weighted by Crippen LogP contribution is 2.31. The number of H-pyrrole nitrogens is 1. The highest BCUT2D eigenvalue weighted by molar-refractivity contribution is 5.97. The molecule has 23 heavy (non-hydrogen) atoms. The highest BCUT2D eigenvalue weighted by Gasteiger charge is 2.32. The number of aromatic amines is 1. The third-order valence-electron chi connectivity index (χ3n) is 3.54. The molecule has 0 spiro atoms. The Bertz CT molecular complexity index is 819. The van der Waals surface area contributed by atoms with Crippen molar-refractivity contribution < 1.29 is 18.0 Å². The van der Waals surface area contributed by atoms with Gasteiger partial charge in [0, 0.05) is 17.4 Å². The van der Waals surface area contributed by atoms with Crippen molar-refractivity contribution in [2.45, 2.75) is 12.7 Å². The van der Waals surface area contributed by atoms with Crippen molar-refractivity contribution in [3.8, 4) is 0 Å². The molecule has 1 amide bonds. The number of amides is 1. The number of carbonyl (C=O) groups excluding carboxylic acids is 1. The van der Waals surface area contributed by atoms with E-state index in [-0.39, 0.29) is 12.1 Å². The topological polar surface area (TPSA) is 44.9 Å². The average Bonchev–Trinajstić information content (AvgIpc) is 2.96.